The van der Waals surface area contributed by atoms with Crippen molar-refractivity contribution in [2.24, 2.45) is 23.2 Å². The minimum Gasteiger partial charge on any atom is -0.454 e. The van der Waals surface area contributed by atoms with Crippen LogP contribution in [0.4, 0.5) is 0 Å². The van der Waals surface area contributed by atoms with Gasteiger partial charge in [0.2, 0.25) is 5.88 Å². The van der Waals surface area contributed by atoms with Gasteiger partial charge in [0.15, 0.2) is 12.4 Å². The van der Waals surface area contributed by atoms with Crippen molar-refractivity contribution in [2.75, 3.05) is 6.61 Å². The number of ether oxygens (including phenoxy) is 2. The monoisotopic (exact) mass is 391 g/mol. The smallest absolute Gasteiger partial charge is 0.344 e. The van der Waals surface area contributed by atoms with Crippen LogP contribution in [0, 0.1) is 23.2 Å². The van der Waals surface area contributed by atoms with E-state index in [0.717, 1.165) is 19.3 Å². The quantitative estimate of drug-likeness (QED) is 0.661. The summed E-state index contributed by atoms with van der Waals surface area (Å²) in [5.41, 5.74) is -0.0254. The molecule has 4 aliphatic rings. The first-order chi connectivity index (χ1) is 14.1. The summed E-state index contributed by atoms with van der Waals surface area (Å²) in [5.74, 6) is 2.36. The Kier molecular flexibility index (Phi) is 4.61. The lowest BCUT2D eigenvalue weighted by Gasteiger charge is -2.55. The first-order valence-corrected chi connectivity index (χ1v) is 10.5. The van der Waals surface area contributed by atoms with E-state index in [2.05, 4.69) is 4.98 Å². The van der Waals surface area contributed by atoms with Gasteiger partial charge in [-0.25, -0.2) is 9.78 Å². The normalized spacial score (nSPS) is 29.4. The molecule has 0 N–H and O–H groups in total. The third kappa shape index (κ3) is 3.54. The molecular weight excluding hydrogens is 366 g/mol. The number of hydrogen-bond donors (Lipinski definition) is 0. The molecule has 4 aliphatic carbocycles. The molecule has 0 atom stereocenters. The third-order valence-electron chi connectivity index (χ3n) is 6.91. The number of hydrogen-bond acceptors (Lipinski definition) is 5. The van der Waals surface area contributed by atoms with Crippen molar-refractivity contribution in [1.29, 1.82) is 0 Å². The number of benzene rings is 1. The molecule has 6 rings (SSSR count). The van der Waals surface area contributed by atoms with Crippen molar-refractivity contribution in [3.8, 4) is 11.6 Å². The number of carbonyl (C=O) groups excluding carboxylic acids is 2. The number of carbonyl (C=O) groups is 2. The van der Waals surface area contributed by atoms with Crippen LogP contribution in [0.3, 0.4) is 0 Å². The van der Waals surface area contributed by atoms with Gasteiger partial charge in [-0.2, -0.15) is 0 Å². The van der Waals surface area contributed by atoms with E-state index in [1.165, 1.54) is 19.3 Å². The average molecular weight is 391 g/mol. The Hall–Kier alpha value is -2.69. The van der Waals surface area contributed by atoms with Crippen molar-refractivity contribution >= 4 is 11.8 Å². The molecule has 4 fully saturated rings. The number of aromatic nitrogens is 1. The zero-order valence-corrected chi connectivity index (χ0v) is 16.4. The van der Waals surface area contributed by atoms with Crippen molar-refractivity contribution in [2.45, 2.75) is 38.5 Å². The maximum absolute atomic E-state index is 13.1. The van der Waals surface area contributed by atoms with Gasteiger partial charge in [-0.05, 0) is 80.5 Å². The summed E-state index contributed by atoms with van der Waals surface area (Å²) < 4.78 is 11.2. The second kappa shape index (κ2) is 7.29. The second-order valence-corrected chi connectivity index (χ2v) is 8.97. The first kappa shape index (κ1) is 18.3. The van der Waals surface area contributed by atoms with Crippen LogP contribution >= 0.6 is 0 Å². The van der Waals surface area contributed by atoms with E-state index in [9.17, 15) is 9.59 Å². The molecule has 150 valence electrons. The van der Waals surface area contributed by atoms with Crippen LogP contribution in [0.5, 0.6) is 11.6 Å². The summed E-state index contributed by atoms with van der Waals surface area (Å²) in [7, 11) is 0. The summed E-state index contributed by atoms with van der Waals surface area (Å²) in [5, 5.41) is 0. The van der Waals surface area contributed by atoms with Crippen LogP contribution in [0.1, 0.15) is 48.9 Å². The Morgan fingerprint density at radius 2 is 1.59 bits per heavy atom. The molecule has 0 saturated heterocycles. The summed E-state index contributed by atoms with van der Waals surface area (Å²) in [6.07, 6.45) is 8.34. The second-order valence-electron chi connectivity index (χ2n) is 8.97. The summed E-state index contributed by atoms with van der Waals surface area (Å²) in [6.45, 7) is -0.162. The van der Waals surface area contributed by atoms with Gasteiger partial charge >= 0.3 is 5.97 Å². The standard InChI is InChI=1S/C24H25NO4/c26-21(24-12-16-9-17(13-24)11-18(10-16)14-24)15-28-23(27)20-7-4-8-25-22(20)29-19-5-2-1-3-6-19/h1-8,16-18H,9-15H2. The Bertz CT molecular complexity index is 888. The van der Waals surface area contributed by atoms with E-state index in [4.69, 9.17) is 9.47 Å². The molecular formula is C24H25NO4. The SMILES string of the molecule is O=C(OCC(=O)C12CC3CC(CC(C3)C1)C2)c1cccnc1Oc1ccccc1. The number of nitrogens with zero attached hydrogens (tertiary/aromatic N) is 1. The van der Waals surface area contributed by atoms with Crippen LogP contribution in [0.15, 0.2) is 48.7 Å². The molecule has 29 heavy (non-hydrogen) atoms. The van der Waals surface area contributed by atoms with E-state index in [0.29, 0.717) is 23.5 Å². The molecule has 0 aliphatic heterocycles. The lowest BCUT2D eigenvalue weighted by molar-refractivity contribution is -0.147. The lowest BCUT2D eigenvalue weighted by Crippen LogP contribution is -2.51. The predicted molar refractivity (Wildman–Crippen MR) is 107 cm³/mol. The number of para-hydroxylation sites is 1. The van der Waals surface area contributed by atoms with Gasteiger partial charge in [-0.3, -0.25) is 4.79 Å². The Morgan fingerprint density at radius 3 is 2.24 bits per heavy atom. The largest absolute Gasteiger partial charge is 0.454 e. The highest BCUT2D eigenvalue weighted by Crippen LogP contribution is 2.60. The van der Waals surface area contributed by atoms with E-state index in [1.54, 1.807) is 30.5 Å². The summed E-state index contributed by atoms with van der Waals surface area (Å²) >= 11 is 0. The van der Waals surface area contributed by atoms with E-state index in [-0.39, 0.29) is 29.2 Å². The topological polar surface area (TPSA) is 65.5 Å². The molecule has 2 aromatic rings. The van der Waals surface area contributed by atoms with Crippen LogP contribution < -0.4 is 4.74 Å². The molecule has 0 radical (unpaired) electrons. The van der Waals surface area contributed by atoms with E-state index in [1.807, 2.05) is 18.2 Å². The van der Waals surface area contributed by atoms with Crippen LogP contribution in [0.2, 0.25) is 0 Å². The zero-order chi connectivity index (χ0) is 19.8. The van der Waals surface area contributed by atoms with E-state index < -0.39 is 5.97 Å². The summed E-state index contributed by atoms with van der Waals surface area (Å²) in [4.78, 5) is 29.9. The molecule has 4 saturated carbocycles. The minimum absolute atomic E-state index is 0.0966. The Balaban J connectivity index is 1.26. The van der Waals surface area contributed by atoms with Crippen molar-refractivity contribution in [3.63, 3.8) is 0 Å². The average Bonchev–Trinajstić information content (AvgIpc) is 2.72. The number of esters is 1. The third-order valence-corrected chi connectivity index (χ3v) is 6.91. The van der Waals surface area contributed by atoms with Crippen LogP contribution in [-0.2, 0) is 9.53 Å². The highest BCUT2D eigenvalue weighted by Gasteiger charge is 2.54. The maximum atomic E-state index is 13.1. The molecule has 1 aromatic carbocycles. The number of Topliss-reactive ketones (excluding diaryl/α,β-unsaturated/α-hetero) is 1. The lowest BCUT2D eigenvalue weighted by atomic mass is 9.48. The molecule has 5 nitrogen and oxygen atoms in total. The summed E-state index contributed by atoms with van der Waals surface area (Å²) in [6, 6.07) is 12.4. The minimum atomic E-state index is -0.567. The first-order valence-electron chi connectivity index (χ1n) is 10.5. The zero-order valence-electron chi connectivity index (χ0n) is 16.4. The highest BCUT2D eigenvalue weighted by molar-refractivity contribution is 5.94. The van der Waals surface area contributed by atoms with Gasteiger partial charge in [0.05, 0.1) is 0 Å². The van der Waals surface area contributed by atoms with Gasteiger partial charge < -0.3 is 9.47 Å². The van der Waals surface area contributed by atoms with Crippen molar-refractivity contribution in [3.05, 3.63) is 54.2 Å². The molecule has 0 unspecified atom stereocenters. The number of ketones is 1. The van der Waals surface area contributed by atoms with Crippen molar-refractivity contribution < 1.29 is 19.1 Å². The van der Waals surface area contributed by atoms with Crippen molar-refractivity contribution in [1.82, 2.24) is 4.98 Å². The molecule has 1 aromatic heterocycles. The Labute approximate surface area is 170 Å². The Morgan fingerprint density at radius 1 is 0.931 bits per heavy atom. The number of pyridine rings is 1. The van der Waals surface area contributed by atoms with Gasteiger partial charge in [-0.15, -0.1) is 0 Å². The van der Waals surface area contributed by atoms with Gasteiger partial charge in [0.25, 0.3) is 0 Å². The highest BCUT2D eigenvalue weighted by atomic mass is 16.5. The van der Waals surface area contributed by atoms with Gasteiger partial charge in [-0.1, -0.05) is 18.2 Å². The molecule has 0 spiro atoms. The fourth-order valence-corrected chi connectivity index (χ4v) is 6.04. The fourth-order valence-electron chi connectivity index (χ4n) is 6.04. The van der Waals surface area contributed by atoms with Crippen LogP contribution in [-0.4, -0.2) is 23.3 Å². The molecule has 4 bridgehead atoms. The van der Waals surface area contributed by atoms with Gasteiger partial charge in [0.1, 0.15) is 11.3 Å². The maximum Gasteiger partial charge on any atom is 0.344 e. The van der Waals surface area contributed by atoms with Gasteiger partial charge in [0, 0.05) is 11.6 Å². The predicted octanol–water partition coefficient (Wildman–Crippen LogP) is 4.82. The van der Waals surface area contributed by atoms with E-state index >= 15 is 0 Å². The number of rotatable bonds is 6. The molecule has 0 amide bonds. The van der Waals surface area contributed by atoms with Crippen LogP contribution in [0.25, 0.3) is 0 Å². The molecule has 5 heteroatoms. The molecule has 1 heterocycles. The fraction of sp³-hybridized carbons (Fsp3) is 0.458.